The molecule has 0 unspecified atom stereocenters. The summed E-state index contributed by atoms with van der Waals surface area (Å²) in [5.41, 5.74) is 0.656. The van der Waals surface area contributed by atoms with Crippen molar-refractivity contribution in [2.45, 2.75) is 0 Å². The fraction of sp³-hybridized carbons (Fsp3) is 0.111. The molecule has 1 aromatic heterocycles. The van der Waals surface area contributed by atoms with Crippen molar-refractivity contribution in [3.63, 3.8) is 0 Å². The molecule has 0 radical (unpaired) electrons. The van der Waals surface area contributed by atoms with Crippen molar-refractivity contribution in [2.75, 3.05) is 24.9 Å². The van der Waals surface area contributed by atoms with Crippen LogP contribution in [0.1, 0.15) is 0 Å². The molecule has 3 rings (SSSR count). The van der Waals surface area contributed by atoms with Crippen LogP contribution in [-0.2, 0) is 0 Å². The molecule has 9 heteroatoms. The highest BCUT2D eigenvalue weighted by atomic mass is 35.5. The fourth-order valence-electron chi connectivity index (χ4n) is 2.32. The summed E-state index contributed by atoms with van der Waals surface area (Å²) < 4.78 is 37.3. The first-order valence-electron chi connectivity index (χ1n) is 7.73. The number of hydrogen-bond acceptors (Lipinski definition) is 6. The lowest BCUT2D eigenvalue weighted by Crippen LogP contribution is -2.01. The molecule has 0 atom stereocenters. The van der Waals surface area contributed by atoms with Crippen molar-refractivity contribution in [2.24, 2.45) is 0 Å². The molecular weight excluding hydrogens is 378 g/mol. The number of methoxy groups -OCH3 is 2. The van der Waals surface area contributed by atoms with Gasteiger partial charge in [0.1, 0.15) is 41.1 Å². The van der Waals surface area contributed by atoms with Crippen LogP contribution in [0.4, 0.5) is 31.8 Å². The lowest BCUT2D eigenvalue weighted by Gasteiger charge is -2.14. The van der Waals surface area contributed by atoms with Crippen LogP contribution in [0.25, 0.3) is 0 Å². The predicted octanol–water partition coefficient (Wildman–Crippen LogP) is 4.91. The molecular formula is C18H15ClF2N4O2. The Morgan fingerprint density at radius 1 is 0.852 bits per heavy atom. The largest absolute Gasteiger partial charge is 0.495 e. The number of benzene rings is 2. The van der Waals surface area contributed by atoms with Gasteiger partial charge in [-0.15, -0.1) is 0 Å². The Labute approximate surface area is 159 Å². The van der Waals surface area contributed by atoms with E-state index in [0.717, 1.165) is 12.1 Å². The highest BCUT2D eigenvalue weighted by Crippen LogP contribution is 2.37. The maximum atomic E-state index is 13.8. The van der Waals surface area contributed by atoms with Crippen molar-refractivity contribution < 1.29 is 18.3 Å². The first kappa shape index (κ1) is 18.7. The number of nitrogens with zero attached hydrogens (tertiary/aromatic N) is 2. The summed E-state index contributed by atoms with van der Waals surface area (Å²) in [6.07, 6.45) is 1.30. The molecule has 27 heavy (non-hydrogen) atoms. The van der Waals surface area contributed by atoms with Gasteiger partial charge in [-0.3, -0.25) is 0 Å². The molecule has 0 saturated carbocycles. The molecule has 0 bridgehead atoms. The summed E-state index contributed by atoms with van der Waals surface area (Å²) in [4.78, 5) is 8.15. The van der Waals surface area contributed by atoms with Crippen LogP contribution in [0.3, 0.4) is 0 Å². The second-order valence-electron chi connectivity index (χ2n) is 5.35. The van der Waals surface area contributed by atoms with E-state index in [4.69, 9.17) is 21.1 Å². The number of halogens is 3. The van der Waals surface area contributed by atoms with E-state index in [1.54, 1.807) is 18.2 Å². The highest BCUT2D eigenvalue weighted by molar-refractivity contribution is 6.32. The number of ether oxygens (including phenoxy) is 2. The summed E-state index contributed by atoms with van der Waals surface area (Å²) in [7, 11) is 3.01. The topological polar surface area (TPSA) is 68.3 Å². The zero-order valence-electron chi connectivity index (χ0n) is 14.4. The predicted molar refractivity (Wildman–Crippen MR) is 99.5 cm³/mol. The summed E-state index contributed by atoms with van der Waals surface area (Å²) in [6.45, 7) is 0. The number of rotatable bonds is 6. The van der Waals surface area contributed by atoms with Gasteiger partial charge in [0.15, 0.2) is 0 Å². The molecule has 0 aliphatic rings. The van der Waals surface area contributed by atoms with Crippen LogP contribution in [0.5, 0.6) is 11.5 Å². The first-order chi connectivity index (χ1) is 13.0. The lowest BCUT2D eigenvalue weighted by molar-refractivity contribution is 0.405. The van der Waals surface area contributed by atoms with Crippen LogP contribution in [0.15, 0.2) is 42.7 Å². The molecule has 0 amide bonds. The Bertz CT molecular complexity index is 972. The maximum Gasteiger partial charge on any atom is 0.149 e. The fourth-order valence-corrected chi connectivity index (χ4v) is 2.55. The van der Waals surface area contributed by atoms with Crippen molar-refractivity contribution in [3.05, 3.63) is 59.4 Å². The number of nitrogens with one attached hydrogen (secondary N) is 2. The molecule has 2 aromatic carbocycles. The van der Waals surface area contributed by atoms with Crippen LogP contribution >= 0.6 is 11.6 Å². The maximum absolute atomic E-state index is 13.8. The van der Waals surface area contributed by atoms with Crippen molar-refractivity contribution in [3.8, 4) is 11.5 Å². The Kier molecular flexibility index (Phi) is 5.56. The van der Waals surface area contributed by atoms with E-state index >= 15 is 0 Å². The minimum atomic E-state index is -0.729. The van der Waals surface area contributed by atoms with Gasteiger partial charge in [-0.2, -0.15) is 0 Å². The average molecular weight is 393 g/mol. The van der Waals surface area contributed by atoms with Gasteiger partial charge in [0.2, 0.25) is 0 Å². The standard InChI is InChI=1S/C18H15ClF2N4O2/c1-26-15-7-14(16(27-2)6-11(15)19)25-18-8-17(22-9-23-18)24-13-4-3-10(20)5-12(13)21/h3-9H,1-2H3,(H2,22,23,24,25). The van der Waals surface area contributed by atoms with Gasteiger partial charge < -0.3 is 20.1 Å². The normalized spacial score (nSPS) is 10.4. The summed E-state index contributed by atoms with van der Waals surface area (Å²) in [5, 5.41) is 6.24. The summed E-state index contributed by atoms with van der Waals surface area (Å²) in [6, 6.07) is 8.05. The van der Waals surface area contributed by atoms with Crippen LogP contribution in [-0.4, -0.2) is 24.2 Å². The van der Waals surface area contributed by atoms with Gasteiger partial charge in [0.25, 0.3) is 0 Å². The molecule has 6 nitrogen and oxygen atoms in total. The zero-order chi connectivity index (χ0) is 19.4. The summed E-state index contributed by atoms with van der Waals surface area (Å²) >= 11 is 6.09. The van der Waals surface area contributed by atoms with E-state index in [-0.39, 0.29) is 5.69 Å². The number of hydrogen-bond donors (Lipinski definition) is 2. The number of aromatic nitrogens is 2. The smallest absolute Gasteiger partial charge is 0.149 e. The van der Waals surface area contributed by atoms with Crippen molar-refractivity contribution >= 4 is 34.6 Å². The molecule has 0 aliphatic heterocycles. The van der Waals surface area contributed by atoms with E-state index in [9.17, 15) is 8.78 Å². The molecule has 1 heterocycles. The molecule has 0 fully saturated rings. The van der Waals surface area contributed by atoms with E-state index < -0.39 is 11.6 Å². The van der Waals surface area contributed by atoms with Gasteiger partial charge >= 0.3 is 0 Å². The minimum Gasteiger partial charge on any atom is -0.495 e. The minimum absolute atomic E-state index is 0.0896. The van der Waals surface area contributed by atoms with E-state index in [1.165, 1.54) is 26.6 Å². The van der Waals surface area contributed by atoms with Crippen molar-refractivity contribution in [1.29, 1.82) is 0 Å². The van der Waals surface area contributed by atoms with Gasteiger partial charge in [-0.25, -0.2) is 18.7 Å². The van der Waals surface area contributed by atoms with Gasteiger partial charge in [-0.05, 0) is 12.1 Å². The van der Waals surface area contributed by atoms with Gasteiger partial charge in [0.05, 0.1) is 30.6 Å². The van der Waals surface area contributed by atoms with Crippen LogP contribution in [0, 0.1) is 11.6 Å². The summed E-state index contributed by atoms with van der Waals surface area (Å²) in [5.74, 6) is 0.286. The first-order valence-corrected chi connectivity index (χ1v) is 8.10. The van der Waals surface area contributed by atoms with Crippen LogP contribution in [0.2, 0.25) is 5.02 Å². The second kappa shape index (κ2) is 8.05. The third-order valence-corrected chi connectivity index (χ3v) is 3.89. The quantitative estimate of drug-likeness (QED) is 0.621. The van der Waals surface area contributed by atoms with Gasteiger partial charge in [-0.1, -0.05) is 11.6 Å². The van der Waals surface area contributed by atoms with E-state index in [1.807, 2.05) is 0 Å². The second-order valence-corrected chi connectivity index (χ2v) is 5.76. The molecule has 2 N–H and O–H groups in total. The monoisotopic (exact) mass is 392 g/mol. The average Bonchev–Trinajstić information content (AvgIpc) is 2.65. The lowest BCUT2D eigenvalue weighted by atomic mass is 10.2. The Morgan fingerprint density at radius 3 is 2.15 bits per heavy atom. The molecule has 3 aromatic rings. The molecule has 0 aliphatic carbocycles. The molecule has 0 spiro atoms. The van der Waals surface area contributed by atoms with Crippen LogP contribution < -0.4 is 20.1 Å². The van der Waals surface area contributed by atoms with E-state index in [2.05, 4.69) is 20.6 Å². The molecule has 140 valence electrons. The molecule has 0 saturated heterocycles. The zero-order valence-corrected chi connectivity index (χ0v) is 15.1. The van der Waals surface area contributed by atoms with Gasteiger partial charge in [0, 0.05) is 24.3 Å². The highest BCUT2D eigenvalue weighted by Gasteiger charge is 2.12. The number of anilines is 4. The van der Waals surface area contributed by atoms with Crippen molar-refractivity contribution in [1.82, 2.24) is 9.97 Å². The Balaban J connectivity index is 1.86. The third-order valence-electron chi connectivity index (χ3n) is 3.60. The Hall–Kier alpha value is -3.13. The third kappa shape index (κ3) is 4.35. The Morgan fingerprint density at radius 2 is 1.52 bits per heavy atom. The van der Waals surface area contributed by atoms with E-state index in [0.29, 0.717) is 33.8 Å². The SMILES string of the molecule is COc1cc(Nc2cc(Nc3ccc(F)cc3F)ncn2)c(OC)cc1Cl.